The number of ether oxygens (including phenoxy) is 1. The number of fused-ring (bicyclic) bond motifs is 1. The highest BCUT2D eigenvalue weighted by Crippen LogP contribution is 2.37. The molecule has 1 aromatic carbocycles. The van der Waals surface area contributed by atoms with Crippen LogP contribution in [0.2, 0.25) is 5.28 Å². The number of halogens is 4. The number of alkyl halides is 3. The minimum atomic E-state index is -4.36. The highest BCUT2D eigenvalue weighted by atomic mass is 35.5. The maximum absolute atomic E-state index is 13.2. The fourth-order valence-corrected chi connectivity index (χ4v) is 6.30. The van der Waals surface area contributed by atoms with Gasteiger partial charge in [0.2, 0.25) is 5.28 Å². The summed E-state index contributed by atoms with van der Waals surface area (Å²) in [5.74, 6) is 1.40. The Morgan fingerprint density at radius 1 is 1.12 bits per heavy atom. The van der Waals surface area contributed by atoms with E-state index < -0.39 is 17.8 Å². The molecule has 8 nitrogen and oxygen atoms in total. The molecule has 2 saturated heterocycles. The van der Waals surface area contributed by atoms with Crippen molar-refractivity contribution in [3.63, 3.8) is 0 Å². The number of anilines is 1. The first-order chi connectivity index (χ1) is 19.0. The lowest BCUT2D eigenvalue weighted by atomic mass is 9.95. The van der Waals surface area contributed by atoms with Crippen LogP contribution in [0.4, 0.5) is 19.0 Å². The first-order valence-electron chi connectivity index (χ1n) is 13.9. The van der Waals surface area contributed by atoms with Gasteiger partial charge in [-0.05, 0) is 62.4 Å². The van der Waals surface area contributed by atoms with Crippen molar-refractivity contribution in [3.8, 4) is 0 Å². The number of aliphatic hydroxyl groups excluding tert-OH is 1. The van der Waals surface area contributed by atoms with Gasteiger partial charge in [-0.3, -0.25) is 4.90 Å². The normalized spacial score (nSPS) is 25.2. The molecule has 0 aliphatic carbocycles. The van der Waals surface area contributed by atoms with Crippen LogP contribution in [0.25, 0.3) is 11.2 Å². The quantitative estimate of drug-likeness (QED) is 0.375. The monoisotopic (exact) mass is 580 g/mol. The third kappa shape index (κ3) is 5.53. The van der Waals surface area contributed by atoms with Gasteiger partial charge in [0.05, 0.1) is 18.2 Å². The summed E-state index contributed by atoms with van der Waals surface area (Å²) in [6, 6.07) is 5.72. The number of piperazine rings is 1. The number of hydrogen-bond donors (Lipinski definition) is 1. The summed E-state index contributed by atoms with van der Waals surface area (Å²) in [6.45, 7) is 10.5. The van der Waals surface area contributed by atoms with E-state index in [2.05, 4.69) is 40.5 Å². The Bertz CT molecular complexity index is 1330. The van der Waals surface area contributed by atoms with Gasteiger partial charge in [0.15, 0.2) is 17.0 Å². The second-order valence-corrected chi connectivity index (χ2v) is 11.2. The molecule has 1 N–H and O–H groups in total. The smallest absolute Gasteiger partial charge is 0.390 e. The number of benzene rings is 1. The van der Waals surface area contributed by atoms with Crippen molar-refractivity contribution in [3.05, 3.63) is 46.5 Å². The van der Waals surface area contributed by atoms with Crippen LogP contribution in [0.15, 0.2) is 24.3 Å². The van der Waals surface area contributed by atoms with Gasteiger partial charge >= 0.3 is 6.18 Å². The molecule has 0 radical (unpaired) electrons. The van der Waals surface area contributed by atoms with Crippen molar-refractivity contribution < 1.29 is 23.0 Å². The highest BCUT2D eigenvalue weighted by molar-refractivity contribution is 6.28. The molecule has 0 amide bonds. The number of rotatable bonds is 7. The first-order valence-corrected chi connectivity index (χ1v) is 14.3. The zero-order chi connectivity index (χ0) is 28.8. The van der Waals surface area contributed by atoms with E-state index in [1.165, 1.54) is 12.1 Å². The van der Waals surface area contributed by atoms with Gasteiger partial charge in [0.25, 0.3) is 0 Å². The molecule has 40 heavy (non-hydrogen) atoms. The Morgan fingerprint density at radius 3 is 2.45 bits per heavy atom. The van der Waals surface area contributed by atoms with Crippen LogP contribution in [0.5, 0.6) is 0 Å². The van der Waals surface area contributed by atoms with Crippen LogP contribution >= 0.6 is 11.6 Å². The predicted molar refractivity (Wildman–Crippen MR) is 148 cm³/mol. The fraction of sp³-hybridized carbons (Fsp3) is 0.607. The molecule has 0 spiro atoms. The Balaban J connectivity index is 1.44. The SMILES string of the molecule is CCC(c1ccc(C(F)(F)F)cc1)N1C[C@H](C)N(c2nc(Cl)nc3c2nc(C)n3C[C@H]2OCC[C@@H]2O)C[C@H]1CC. The zero-order valence-corrected chi connectivity index (χ0v) is 24.0. The molecule has 218 valence electrons. The molecule has 2 aliphatic rings. The zero-order valence-electron chi connectivity index (χ0n) is 23.2. The second-order valence-electron chi connectivity index (χ2n) is 10.8. The van der Waals surface area contributed by atoms with Gasteiger partial charge in [-0.1, -0.05) is 26.0 Å². The lowest BCUT2D eigenvalue weighted by molar-refractivity contribution is -0.137. The molecule has 12 heteroatoms. The molecule has 2 aromatic heterocycles. The molecule has 5 atom stereocenters. The van der Waals surface area contributed by atoms with Crippen molar-refractivity contribution >= 4 is 28.6 Å². The van der Waals surface area contributed by atoms with E-state index in [1.807, 2.05) is 11.5 Å². The summed E-state index contributed by atoms with van der Waals surface area (Å²) in [7, 11) is 0. The number of aromatic nitrogens is 4. The van der Waals surface area contributed by atoms with Gasteiger partial charge < -0.3 is 19.3 Å². The number of nitrogens with zero attached hydrogens (tertiary/aromatic N) is 6. The largest absolute Gasteiger partial charge is 0.416 e. The van der Waals surface area contributed by atoms with Gasteiger partial charge in [-0.25, -0.2) is 4.98 Å². The van der Waals surface area contributed by atoms with Gasteiger partial charge in [-0.15, -0.1) is 0 Å². The third-order valence-electron chi connectivity index (χ3n) is 8.31. The van der Waals surface area contributed by atoms with Crippen LogP contribution in [-0.4, -0.2) is 73.5 Å². The summed E-state index contributed by atoms with van der Waals surface area (Å²) in [5.41, 5.74) is 1.51. The number of hydrogen-bond acceptors (Lipinski definition) is 7. The molecule has 2 aliphatic heterocycles. The second kappa shape index (κ2) is 11.4. The van der Waals surface area contributed by atoms with Crippen LogP contribution in [0.3, 0.4) is 0 Å². The van der Waals surface area contributed by atoms with E-state index in [0.717, 1.165) is 24.2 Å². The minimum Gasteiger partial charge on any atom is -0.390 e. The Kier molecular flexibility index (Phi) is 8.29. The van der Waals surface area contributed by atoms with E-state index in [9.17, 15) is 18.3 Å². The van der Waals surface area contributed by atoms with E-state index >= 15 is 0 Å². The topological polar surface area (TPSA) is 79.5 Å². The summed E-state index contributed by atoms with van der Waals surface area (Å²) in [4.78, 5) is 18.6. The lowest BCUT2D eigenvalue weighted by Crippen LogP contribution is -2.58. The molecular formula is C28H36ClF3N6O2. The van der Waals surface area contributed by atoms with Crippen LogP contribution in [-0.2, 0) is 17.5 Å². The Labute approximate surface area is 237 Å². The van der Waals surface area contributed by atoms with Crippen LogP contribution in [0.1, 0.15) is 63.0 Å². The van der Waals surface area contributed by atoms with E-state index in [0.29, 0.717) is 49.6 Å². The summed E-state index contributed by atoms with van der Waals surface area (Å²) < 4.78 is 47.1. The third-order valence-corrected chi connectivity index (χ3v) is 8.48. The summed E-state index contributed by atoms with van der Waals surface area (Å²) >= 11 is 6.45. The predicted octanol–water partition coefficient (Wildman–Crippen LogP) is 5.40. The molecule has 3 aromatic rings. The van der Waals surface area contributed by atoms with E-state index in [-0.39, 0.29) is 29.5 Å². The van der Waals surface area contributed by atoms with Crippen molar-refractivity contribution in [1.29, 1.82) is 0 Å². The molecule has 0 saturated carbocycles. The average molecular weight is 581 g/mol. The summed E-state index contributed by atoms with van der Waals surface area (Å²) in [6.07, 6.45) is -3.00. The Morgan fingerprint density at radius 2 is 1.85 bits per heavy atom. The van der Waals surface area contributed by atoms with Gasteiger partial charge in [0.1, 0.15) is 11.9 Å². The minimum absolute atomic E-state index is 0.00914. The fourth-order valence-electron chi connectivity index (χ4n) is 6.14. The first kappa shape index (κ1) is 29.0. The number of aliphatic hydroxyl groups is 1. The van der Waals surface area contributed by atoms with E-state index in [1.54, 1.807) is 12.1 Å². The number of aryl methyl sites for hydroxylation is 1. The van der Waals surface area contributed by atoms with Gasteiger partial charge in [0, 0.05) is 37.8 Å². The van der Waals surface area contributed by atoms with Crippen molar-refractivity contribution in [2.75, 3.05) is 24.6 Å². The Hall–Kier alpha value is -2.47. The number of imidazole rings is 1. The van der Waals surface area contributed by atoms with E-state index in [4.69, 9.17) is 21.3 Å². The average Bonchev–Trinajstić information content (AvgIpc) is 3.46. The van der Waals surface area contributed by atoms with Crippen molar-refractivity contribution in [2.45, 2.75) is 90.0 Å². The van der Waals surface area contributed by atoms with Crippen molar-refractivity contribution in [2.24, 2.45) is 0 Å². The molecule has 5 rings (SSSR count). The van der Waals surface area contributed by atoms with Crippen LogP contribution < -0.4 is 4.90 Å². The maximum Gasteiger partial charge on any atom is 0.416 e. The standard InChI is InChI=1S/C28H36ClF3N6O2/c1-5-20-14-36(16(3)13-38(20)21(6-2)18-7-9-19(10-8-18)28(30,31)32)25-24-26(35-27(29)34-25)37(17(4)33-24)15-23-22(39)11-12-40-23/h7-10,16,20-23,39H,5-6,11-15H2,1-4H3/t16-,20+,21?,22-,23+/m0/s1. The van der Waals surface area contributed by atoms with Crippen molar-refractivity contribution in [1.82, 2.24) is 24.4 Å². The molecule has 0 bridgehead atoms. The molecule has 4 heterocycles. The highest BCUT2D eigenvalue weighted by Gasteiger charge is 2.38. The lowest BCUT2D eigenvalue weighted by Gasteiger charge is -2.48. The maximum atomic E-state index is 13.2. The molecular weight excluding hydrogens is 545 g/mol. The summed E-state index contributed by atoms with van der Waals surface area (Å²) in [5, 5.41) is 10.4. The van der Waals surface area contributed by atoms with Crippen LogP contribution in [0, 0.1) is 6.92 Å². The molecule has 1 unspecified atom stereocenters. The molecule has 2 fully saturated rings. The van der Waals surface area contributed by atoms with Gasteiger partial charge in [-0.2, -0.15) is 23.1 Å².